The van der Waals surface area contributed by atoms with E-state index in [1.807, 2.05) is 6.07 Å². The van der Waals surface area contributed by atoms with Crippen molar-refractivity contribution in [1.29, 1.82) is 5.26 Å². The fourth-order valence-corrected chi connectivity index (χ4v) is 5.97. The zero-order valence-corrected chi connectivity index (χ0v) is 20.2. The number of piperidine rings is 1. The molecule has 31 heavy (non-hydrogen) atoms. The van der Waals surface area contributed by atoms with Gasteiger partial charge in [0.15, 0.2) is 9.84 Å². The van der Waals surface area contributed by atoms with Crippen molar-refractivity contribution in [1.82, 2.24) is 5.32 Å². The molecule has 3 rings (SSSR count). The molecule has 0 amide bonds. The molecule has 9 heteroatoms. The van der Waals surface area contributed by atoms with Crippen LogP contribution in [-0.2, 0) is 16.3 Å². The van der Waals surface area contributed by atoms with Crippen LogP contribution in [0.1, 0.15) is 40.7 Å². The number of sulfone groups is 1. The monoisotopic (exact) mass is 450 g/mol. The van der Waals surface area contributed by atoms with Crippen molar-refractivity contribution in [2.75, 3.05) is 13.1 Å². The fourth-order valence-electron chi connectivity index (χ4n) is 3.88. The SMILES string of the molecule is N#Cc1ccc(CCC(C2(O)CCNCC2)S(=O)(=O)c2ccc(C(=O)[O-])cc2)cc1.[Na+]. The number of nitrogens with one attached hydrogen (secondary N) is 1. The van der Waals surface area contributed by atoms with Crippen LogP contribution in [0.3, 0.4) is 0 Å². The van der Waals surface area contributed by atoms with E-state index >= 15 is 0 Å². The summed E-state index contributed by atoms with van der Waals surface area (Å²) in [6, 6.07) is 13.9. The number of carboxylic acids is 1. The maximum atomic E-state index is 13.5. The minimum absolute atomic E-state index is 0. The molecule has 1 atom stereocenters. The molecule has 0 saturated carbocycles. The van der Waals surface area contributed by atoms with Crippen molar-refractivity contribution in [3.8, 4) is 6.07 Å². The number of benzene rings is 2. The molecule has 1 aliphatic rings. The number of carboxylic acid groups (broad SMARTS) is 1. The van der Waals surface area contributed by atoms with Gasteiger partial charge in [-0.15, -0.1) is 0 Å². The molecule has 1 fully saturated rings. The van der Waals surface area contributed by atoms with Gasteiger partial charge in [-0.2, -0.15) is 5.26 Å². The van der Waals surface area contributed by atoms with Crippen LogP contribution in [0.4, 0.5) is 0 Å². The Kier molecular flexibility index (Phi) is 8.83. The van der Waals surface area contributed by atoms with Crippen molar-refractivity contribution in [2.45, 2.75) is 41.4 Å². The van der Waals surface area contributed by atoms with Gasteiger partial charge in [-0.3, -0.25) is 0 Å². The third-order valence-electron chi connectivity index (χ3n) is 5.64. The van der Waals surface area contributed by atoms with Gasteiger partial charge < -0.3 is 20.3 Å². The van der Waals surface area contributed by atoms with Gasteiger partial charge in [0.2, 0.25) is 0 Å². The van der Waals surface area contributed by atoms with Gasteiger partial charge in [-0.1, -0.05) is 24.3 Å². The Labute approximate surface area is 204 Å². The fraction of sp³-hybridized carbons (Fsp3) is 0.364. The number of carbonyl (C=O) groups excluding carboxylic acids is 1. The summed E-state index contributed by atoms with van der Waals surface area (Å²) in [6.07, 6.45) is 1.23. The third-order valence-corrected chi connectivity index (χ3v) is 7.99. The molecule has 0 spiro atoms. The van der Waals surface area contributed by atoms with Crippen molar-refractivity contribution < 1.29 is 53.0 Å². The molecule has 1 saturated heterocycles. The molecule has 0 radical (unpaired) electrons. The third kappa shape index (κ3) is 5.95. The molecule has 1 unspecified atom stereocenters. The zero-order valence-electron chi connectivity index (χ0n) is 17.4. The Balaban J connectivity index is 0.00000341. The van der Waals surface area contributed by atoms with E-state index in [1.54, 1.807) is 24.3 Å². The standard InChI is InChI=1S/C22H24N2O5S.Na/c23-15-17-3-1-16(2-4-17)5-10-20(22(27)11-13-24-14-12-22)30(28,29)19-8-6-18(7-9-19)21(25)26;/h1-4,6-9,20,24,27H,5,10-14H2,(H,25,26);/q;+1/p-1. The Hall–Kier alpha value is -1.73. The van der Waals surface area contributed by atoms with Gasteiger partial charge in [0, 0.05) is 0 Å². The van der Waals surface area contributed by atoms with Gasteiger partial charge in [0.1, 0.15) is 0 Å². The molecule has 7 nitrogen and oxygen atoms in total. The first kappa shape index (κ1) is 25.5. The van der Waals surface area contributed by atoms with Gasteiger partial charge in [0.25, 0.3) is 0 Å². The molecule has 1 aliphatic heterocycles. The van der Waals surface area contributed by atoms with Crippen LogP contribution in [0, 0.1) is 11.3 Å². The molecule has 0 aliphatic carbocycles. The predicted octanol–water partition coefficient (Wildman–Crippen LogP) is -2.18. The summed E-state index contributed by atoms with van der Waals surface area (Å²) in [5.74, 6) is -1.38. The second-order valence-electron chi connectivity index (χ2n) is 7.55. The second kappa shape index (κ2) is 10.7. The molecule has 2 aromatic carbocycles. The van der Waals surface area contributed by atoms with Crippen LogP contribution in [-0.4, -0.2) is 43.4 Å². The minimum Gasteiger partial charge on any atom is -0.545 e. The number of hydrogen-bond acceptors (Lipinski definition) is 7. The number of hydrogen-bond donors (Lipinski definition) is 2. The van der Waals surface area contributed by atoms with Crippen molar-refractivity contribution in [2.24, 2.45) is 0 Å². The summed E-state index contributed by atoms with van der Waals surface area (Å²) in [6.45, 7) is 1.03. The average Bonchev–Trinajstić information content (AvgIpc) is 2.74. The summed E-state index contributed by atoms with van der Waals surface area (Å²) >= 11 is 0. The molecule has 2 N–H and O–H groups in total. The summed E-state index contributed by atoms with van der Waals surface area (Å²) < 4.78 is 26.9. The Morgan fingerprint density at radius 2 is 1.71 bits per heavy atom. The maximum absolute atomic E-state index is 13.5. The van der Waals surface area contributed by atoms with Crippen molar-refractivity contribution >= 4 is 15.8 Å². The molecule has 0 bridgehead atoms. The number of carbonyl (C=O) groups is 1. The van der Waals surface area contributed by atoms with Crippen LogP contribution < -0.4 is 40.0 Å². The normalized spacial score (nSPS) is 16.5. The van der Waals surface area contributed by atoms with Gasteiger partial charge in [-0.25, -0.2) is 8.42 Å². The number of rotatable bonds is 7. The van der Waals surface area contributed by atoms with Crippen LogP contribution >= 0.6 is 0 Å². The van der Waals surface area contributed by atoms with E-state index in [0.29, 0.717) is 37.9 Å². The predicted molar refractivity (Wildman–Crippen MR) is 108 cm³/mol. The Morgan fingerprint density at radius 3 is 2.23 bits per heavy atom. The maximum Gasteiger partial charge on any atom is 1.00 e. The first-order valence-corrected chi connectivity index (χ1v) is 11.3. The van der Waals surface area contributed by atoms with E-state index in [1.165, 1.54) is 24.3 Å². The Morgan fingerprint density at radius 1 is 1.13 bits per heavy atom. The summed E-state index contributed by atoms with van der Waals surface area (Å²) in [5, 5.41) is 33.3. The number of aryl methyl sites for hydroxylation is 1. The smallest absolute Gasteiger partial charge is 0.545 e. The van der Waals surface area contributed by atoms with Crippen molar-refractivity contribution in [3.63, 3.8) is 0 Å². The minimum atomic E-state index is -3.93. The molecule has 1 heterocycles. The Bertz CT molecular complexity index is 1040. The number of nitriles is 1. The van der Waals surface area contributed by atoms with E-state index in [4.69, 9.17) is 5.26 Å². The number of aromatic carboxylic acids is 1. The van der Waals surface area contributed by atoms with E-state index in [2.05, 4.69) is 5.32 Å². The van der Waals surface area contributed by atoms with Gasteiger partial charge >= 0.3 is 29.6 Å². The first-order chi connectivity index (χ1) is 14.3. The van der Waals surface area contributed by atoms with E-state index in [9.17, 15) is 23.4 Å². The van der Waals surface area contributed by atoms with Crippen molar-refractivity contribution in [3.05, 3.63) is 65.2 Å². The zero-order chi connectivity index (χ0) is 21.8. The van der Waals surface area contributed by atoms with E-state index in [-0.39, 0.29) is 46.4 Å². The first-order valence-electron chi connectivity index (χ1n) is 9.74. The number of aliphatic hydroxyl groups is 1. The summed E-state index contributed by atoms with van der Waals surface area (Å²) in [5.41, 5.74) is -0.0976. The van der Waals surface area contributed by atoms with Crippen LogP contribution in [0.25, 0.3) is 0 Å². The molecular weight excluding hydrogens is 427 g/mol. The number of nitrogens with zero attached hydrogens (tertiary/aromatic N) is 1. The quantitative estimate of drug-likeness (QED) is 0.459. The van der Waals surface area contributed by atoms with Crippen LogP contribution in [0.15, 0.2) is 53.4 Å². The molecule has 158 valence electrons. The summed E-state index contributed by atoms with van der Waals surface area (Å²) in [7, 11) is -3.93. The largest absolute Gasteiger partial charge is 1.00 e. The molecule has 0 aromatic heterocycles. The second-order valence-corrected chi connectivity index (χ2v) is 9.68. The topological polar surface area (TPSA) is 130 Å². The average molecular weight is 450 g/mol. The van der Waals surface area contributed by atoms with Crippen LogP contribution in [0.2, 0.25) is 0 Å². The summed E-state index contributed by atoms with van der Waals surface area (Å²) in [4.78, 5) is 10.9. The van der Waals surface area contributed by atoms with Crippen LogP contribution in [0.5, 0.6) is 0 Å². The van der Waals surface area contributed by atoms with Gasteiger partial charge in [0.05, 0.1) is 33.3 Å². The van der Waals surface area contributed by atoms with E-state index < -0.39 is 26.7 Å². The van der Waals surface area contributed by atoms with E-state index in [0.717, 1.165) is 5.56 Å². The molecular formula is C22H23N2NaO5S. The molecule has 2 aromatic rings. The van der Waals surface area contributed by atoms with Gasteiger partial charge in [-0.05, 0) is 74.2 Å².